The average Bonchev–Trinajstić information content (AvgIpc) is 3.38. The first-order valence-electron chi connectivity index (χ1n) is 13.2. The molecule has 0 spiro atoms. The lowest BCUT2D eigenvalue weighted by Gasteiger charge is -2.46. The lowest BCUT2D eigenvalue weighted by Crippen LogP contribution is -2.55. The smallest absolute Gasteiger partial charge is 0.254 e. The monoisotopic (exact) mass is 457 g/mol. The Morgan fingerprint density at radius 2 is 1.50 bits per heavy atom. The van der Waals surface area contributed by atoms with Crippen LogP contribution < -0.4 is 0 Å². The second kappa shape index (κ2) is 9.18. The number of likely N-dealkylation sites (tertiary alicyclic amines) is 2. The lowest BCUT2D eigenvalue weighted by atomic mass is 9.88. The molecular weight excluding hydrogens is 422 g/mol. The molecule has 2 saturated heterocycles. The molecule has 1 atom stereocenters. The summed E-state index contributed by atoms with van der Waals surface area (Å²) in [6, 6.07) is 15.4. The van der Waals surface area contributed by atoms with Crippen molar-refractivity contribution in [2.45, 2.75) is 63.5 Å². The number of carbonyl (C=O) groups is 2. The number of amides is 2. The van der Waals surface area contributed by atoms with Gasteiger partial charge in [-0.15, -0.1) is 0 Å². The van der Waals surface area contributed by atoms with Crippen molar-refractivity contribution in [3.63, 3.8) is 0 Å². The maximum absolute atomic E-state index is 13.4. The van der Waals surface area contributed by atoms with Crippen LogP contribution in [-0.4, -0.2) is 71.3 Å². The van der Waals surface area contributed by atoms with Gasteiger partial charge in [-0.2, -0.15) is 0 Å². The average molecular weight is 458 g/mol. The van der Waals surface area contributed by atoms with Crippen molar-refractivity contribution in [1.82, 2.24) is 14.7 Å². The molecule has 2 aromatic rings. The molecule has 1 aliphatic carbocycles. The van der Waals surface area contributed by atoms with Gasteiger partial charge in [0.25, 0.3) is 11.8 Å². The van der Waals surface area contributed by atoms with Crippen LogP contribution in [0.15, 0.2) is 42.5 Å². The SMILES string of the molecule is O=C(c1ccc(-c2ccc3c(c2)CCN([C@H]2CCCN(C4CCC4)C2)C3=O)cc1)N1CCCC1. The molecule has 0 aromatic heterocycles. The van der Waals surface area contributed by atoms with Gasteiger partial charge in [0.15, 0.2) is 0 Å². The van der Waals surface area contributed by atoms with E-state index in [0.29, 0.717) is 6.04 Å². The Morgan fingerprint density at radius 1 is 0.765 bits per heavy atom. The molecule has 0 radical (unpaired) electrons. The van der Waals surface area contributed by atoms with Crippen molar-refractivity contribution in [1.29, 1.82) is 0 Å². The maximum Gasteiger partial charge on any atom is 0.254 e. The highest BCUT2D eigenvalue weighted by atomic mass is 16.2. The van der Waals surface area contributed by atoms with Crippen molar-refractivity contribution >= 4 is 11.8 Å². The van der Waals surface area contributed by atoms with Gasteiger partial charge in [0.05, 0.1) is 0 Å². The Hall–Kier alpha value is -2.66. The third-order valence-electron chi connectivity index (χ3n) is 8.54. The molecule has 2 amide bonds. The first-order valence-corrected chi connectivity index (χ1v) is 13.2. The van der Waals surface area contributed by atoms with Crippen LogP contribution in [0.3, 0.4) is 0 Å². The number of hydrogen-bond donors (Lipinski definition) is 0. The molecule has 2 aromatic carbocycles. The highest BCUT2D eigenvalue weighted by molar-refractivity contribution is 5.98. The van der Waals surface area contributed by atoms with Crippen molar-refractivity contribution in [3.8, 4) is 11.1 Å². The summed E-state index contributed by atoms with van der Waals surface area (Å²) in [5.41, 5.74) is 5.00. The molecule has 34 heavy (non-hydrogen) atoms. The summed E-state index contributed by atoms with van der Waals surface area (Å²) >= 11 is 0. The lowest BCUT2D eigenvalue weighted by molar-refractivity contribution is 0.0337. The van der Waals surface area contributed by atoms with E-state index in [-0.39, 0.29) is 11.8 Å². The maximum atomic E-state index is 13.4. The first-order chi connectivity index (χ1) is 16.7. The van der Waals surface area contributed by atoms with Crippen LogP contribution in [0.1, 0.15) is 71.2 Å². The minimum atomic E-state index is 0.138. The predicted molar refractivity (Wildman–Crippen MR) is 134 cm³/mol. The zero-order valence-electron chi connectivity index (χ0n) is 20.0. The van der Waals surface area contributed by atoms with E-state index in [2.05, 4.69) is 21.9 Å². The Bertz CT molecular complexity index is 1070. The van der Waals surface area contributed by atoms with E-state index in [9.17, 15) is 9.59 Å². The Morgan fingerprint density at radius 3 is 2.24 bits per heavy atom. The molecule has 0 bridgehead atoms. The summed E-state index contributed by atoms with van der Waals surface area (Å²) in [6.45, 7) is 4.81. The van der Waals surface area contributed by atoms with E-state index in [1.54, 1.807) is 0 Å². The van der Waals surface area contributed by atoms with Gasteiger partial charge >= 0.3 is 0 Å². The van der Waals surface area contributed by atoms with Gasteiger partial charge in [-0.05, 0) is 86.4 Å². The second-order valence-electron chi connectivity index (χ2n) is 10.6. The summed E-state index contributed by atoms with van der Waals surface area (Å²) in [7, 11) is 0. The molecule has 0 N–H and O–H groups in total. The standard InChI is InChI=1S/C29H35N3O2/c33-28(30-15-1-2-16-30)22-10-8-21(9-11-22)23-12-13-27-24(19-23)14-18-32(29(27)34)26-7-4-17-31(20-26)25-5-3-6-25/h8-13,19,25-26H,1-7,14-18,20H2/t26-/m0/s1. The molecule has 6 rings (SSSR count). The minimum absolute atomic E-state index is 0.138. The van der Waals surface area contributed by atoms with Gasteiger partial charge in [-0.3, -0.25) is 14.5 Å². The topological polar surface area (TPSA) is 43.9 Å². The molecule has 0 unspecified atom stereocenters. The zero-order chi connectivity index (χ0) is 23.1. The van der Waals surface area contributed by atoms with Gasteiger partial charge < -0.3 is 9.80 Å². The summed E-state index contributed by atoms with van der Waals surface area (Å²) in [4.78, 5) is 32.8. The number of hydrogen-bond acceptors (Lipinski definition) is 3. The van der Waals surface area contributed by atoms with Crippen molar-refractivity contribution in [3.05, 3.63) is 59.2 Å². The first kappa shape index (κ1) is 21.8. The molecule has 3 aliphatic heterocycles. The molecule has 4 aliphatic rings. The quantitative estimate of drug-likeness (QED) is 0.674. The number of benzene rings is 2. The van der Waals surface area contributed by atoms with Crippen molar-refractivity contribution in [2.75, 3.05) is 32.7 Å². The highest BCUT2D eigenvalue weighted by Crippen LogP contribution is 2.32. The summed E-state index contributed by atoms with van der Waals surface area (Å²) in [6.07, 6.45) is 9.49. The highest BCUT2D eigenvalue weighted by Gasteiger charge is 2.35. The van der Waals surface area contributed by atoms with Gasteiger partial charge in [-0.1, -0.05) is 30.7 Å². The normalized spacial score (nSPS) is 23.6. The van der Waals surface area contributed by atoms with Crippen LogP contribution >= 0.6 is 0 Å². The van der Waals surface area contributed by atoms with Gasteiger partial charge in [-0.25, -0.2) is 0 Å². The molecule has 5 heteroatoms. The Balaban J connectivity index is 1.16. The Kier molecular flexibility index (Phi) is 5.90. The summed E-state index contributed by atoms with van der Waals surface area (Å²) < 4.78 is 0. The zero-order valence-corrected chi connectivity index (χ0v) is 20.0. The van der Waals surface area contributed by atoms with E-state index in [0.717, 1.165) is 85.7 Å². The molecule has 1 saturated carbocycles. The minimum Gasteiger partial charge on any atom is -0.339 e. The molecule has 3 heterocycles. The van der Waals surface area contributed by atoms with E-state index in [1.807, 2.05) is 35.2 Å². The molecule has 3 fully saturated rings. The molecular formula is C29H35N3O2. The number of rotatable bonds is 4. The van der Waals surface area contributed by atoms with E-state index in [1.165, 1.54) is 32.2 Å². The van der Waals surface area contributed by atoms with Gasteiger partial charge in [0.2, 0.25) is 0 Å². The van der Waals surface area contributed by atoms with Crippen LogP contribution in [0, 0.1) is 0 Å². The summed E-state index contributed by atoms with van der Waals surface area (Å²) in [5, 5.41) is 0. The van der Waals surface area contributed by atoms with Crippen molar-refractivity contribution < 1.29 is 9.59 Å². The van der Waals surface area contributed by atoms with Crippen LogP contribution in [0.2, 0.25) is 0 Å². The fourth-order valence-corrected chi connectivity index (χ4v) is 6.26. The van der Waals surface area contributed by atoms with Crippen molar-refractivity contribution in [2.24, 2.45) is 0 Å². The van der Waals surface area contributed by atoms with E-state index < -0.39 is 0 Å². The third kappa shape index (κ3) is 4.04. The second-order valence-corrected chi connectivity index (χ2v) is 10.6. The van der Waals surface area contributed by atoms with Crippen LogP contribution in [0.25, 0.3) is 11.1 Å². The fourth-order valence-electron chi connectivity index (χ4n) is 6.26. The predicted octanol–water partition coefficient (Wildman–Crippen LogP) is 4.60. The fraction of sp³-hybridized carbons (Fsp3) is 0.517. The Labute approximate surface area is 202 Å². The van der Waals surface area contributed by atoms with Gasteiger partial charge in [0, 0.05) is 49.4 Å². The molecule has 178 valence electrons. The number of carbonyl (C=O) groups excluding carboxylic acids is 2. The van der Waals surface area contributed by atoms with Crippen LogP contribution in [-0.2, 0) is 6.42 Å². The number of piperidine rings is 1. The number of fused-ring (bicyclic) bond motifs is 1. The van der Waals surface area contributed by atoms with Crippen LogP contribution in [0.5, 0.6) is 0 Å². The largest absolute Gasteiger partial charge is 0.339 e. The molecule has 5 nitrogen and oxygen atoms in total. The van der Waals surface area contributed by atoms with Crippen LogP contribution in [0.4, 0.5) is 0 Å². The summed E-state index contributed by atoms with van der Waals surface area (Å²) in [5.74, 6) is 0.346. The van der Waals surface area contributed by atoms with E-state index in [4.69, 9.17) is 0 Å². The third-order valence-corrected chi connectivity index (χ3v) is 8.54. The van der Waals surface area contributed by atoms with Gasteiger partial charge in [0.1, 0.15) is 0 Å². The number of nitrogens with zero attached hydrogens (tertiary/aromatic N) is 3. The van der Waals surface area contributed by atoms with E-state index >= 15 is 0 Å².